The fourth-order valence-electron chi connectivity index (χ4n) is 3.77. The van der Waals surface area contributed by atoms with Gasteiger partial charge >= 0.3 is 6.09 Å². The van der Waals surface area contributed by atoms with Gasteiger partial charge in [0, 0.05) is 19.0 Å². The Kier molecular flexibility index (Phi) is 4.42. The zero-order valence-corrected chi connectivity index (χ0v) is 14.1. The number of nitrogens with two attached hydrogens (primary N) is 1. The third-order valence-corrected chi connectivity index (χ3v) is 5.07. The van der Waals surface area contributed by atoms with Crippen molar-refractivity contribution in [3.63, 3.8) is 0 Å². The number of fused-ring (bicyclic) bond motifs is 3. The molecule has 1 aliphatic carbocycles. The molecule has 25 heavy (non-hydrogen) atoms. The Morgan fingerprint density at radius 3 is 2.40 bits per heavy atom. The predicted molar refractivity (Wildman–Crippen MR) is 95.4 cm³/mol. The molecule has 0 aromatic heterocycles. The van der Waals surface area contributed by atoms with Crippen LogP contribution in [-0.2, 0) is 9.47 Å². The number of carbonyl (C=O) groups is 1. The molecule has 1 saturated heterocycles. The fraction of sp³-hybridized carbons (Fsp3) is 0.350. The number of ether oxygens (including phenoxy) is 2. The van der Waals surface area contributed by atoms with Crippen LogP contribution < -0.4 is 5.73 Å². The molecular weight excluding hydrogens is 316 g/mol. The lowest BCUT2D eigenvalue weighted by Crippen LogP contribution is -2.52. The number of benzene rings is 2. The molecule has 2 aromatic carbocycles. The van der Waals surface area contributed by atoms with Gasteiger partial charge in [0.2, 0.25) is 0 Å². The molecule has 5 nitrogen and oxygen atoms in total. The van der Waals surface area contributed by atoms with E-state index in [2.05, 4.69) is 24.3 Å². The first-order chi connectivity index (χ1) is 12.3. The van der Waals surface area contributed by atoms with Crippen LogP contribution in [0.25, 0.3) is 11.1 Å². The van der Waals surface area contributed by atoms with E-state index in [1.807, 2.05) is 24.3 Å². The molecule has 2 aliphatic rings. The van der Waals surface area contributed by atoms with Crippen molar-refractivity contribution in [3.05, 3.63) is 59.7 Å². The van der Waals surface area contributed by atoms with Crippen LogP contribution in [0.5, 0.6) is 0 Å². The highest BCUT2D eigenvalue weighted by Gasteiger charge is 2.31. The number of rotatable bonds is 3. The van der Waals surface area contributed by atoms with Crippen molar-refractivity contribution < 1.29 is 14.3 Å². The Balaban J connectivity index is 1.52. The normalized spacial score (nSPS) is 19.4. The fourth-order valence-corrected chi connectivity index (χ4v) is 3.77. The smallest absolute Gasteiger partial charge is 0.410 e. The molecule has 2 N–H and O–H groups in total. The molecular formula is C20H22N2O3. The molecule has 0 saturated carbocycles. The van der Waals surface area contributed by atoms with Gasteiger partial charge in [0.15, 0.2) is 0 Å². The Morgan fingerprint density at radius 1 is 1.12 bits per heavy atom. The SMILES string of the molecule is NCC1COCCN1C(=O)OCC1c2ccccc2-c2ccccc21. The van der Waals surface area contributed by atoms with E-state index >= 15 is 0 Å². The maximum Gasteiger partial charge on any atom is 0.410 e. The lowest BCUT2D eigenvalue weighted by Gasteiger charge is -2.34. The highest BCUT2D eigenvalue weighted by Crippen LogP contribution is 2.44. The van der Waals surface area contributed by atoms with Crippen molar-refractivity contribution in [1.82, 2.24) is 4.90 Å². The number of hydrogen-bond donors (Lipinski definition) is 1. The molecule has 5 heteroatoms. The van der Waals surface area contributed by atoms with Gasteiger partial charge in [-0.25, -0.2) is 4.79 Å². The van der Waals surface area contributed by atoms with E-state index in [1.165, 1.54) is 22.3 Å². The molecule has 2 aromatic rings. The van der Waals surface area contributed by atoms with Crippen LogP contribution in [0.15, 0.2) is 48.5 Å². The van der Waals surface area contributed by atoms with Gasteiger partial charge < -0.3 is 15.2 Å². The maximum atomic E-state index is 12.5. The van der Waals surface area contributed by atoms with Gasteiger partial charge in [0.1, 0.15) is 6.61 Å². The second-order valence-electron chi connectivity index (χ2n) is 6.46. The Bertz CT molecular complexity index is 732. The molecule has 1 fully saturated rings. The molecule has 4 rings (SSSR count). The lowest BCUT2D eigenvalue weighted by molar-refractivity contribution is -0.00650. The molecule has 1 atom stereocenters. The second-order valence-corrected chi connectivity index (χ2v) is 6.46. The van der Waals surface area contributed by atoms with E-state index in [-0.39, 0.29) is 18.1 Å². The van der Waals surface area contributed by atoms with Gasteiger partial charge in [-0.15, -0.1) is 0 Å². The van der Waals surface area contributed by atoms with Crippen LogP contribution in [0.3, 0.4) is 0 Å². The van der Waals surface area contributed by atoms with Crippen molar-refractivity contribution in [1.29, 1.82) is 0 Å². The minimum atomic E-state index is -0.305. The van der Waals surface area contributed by atoms with E-state index in [4.69, 9.17) is 15.2 Å². The molecule has 0 spiro atoms. The monoisotopic (exact) mass is 338 g/mol. The summed E-state index contributed by atoms with van der Waals surface area (Å²) in [5, 5.41) is 0. The molecule has 130 valence electrons. The first-order valence-corrected chi connectivity index (χ1v) is 8.69. The standard InChI is InChI=1S/C20H22N2O3/c21-11-14-12-24-10-9-22(14)20(23)25-13-19-17-7-3-1-5-15(17)16-6-2-4-8-18(16)19/h1-8,14,19H,9-13,21H2. The summed E-state index contributed by atoms with van der Waals surface area (Å²) in [6.45, 7) is 2.24. The van der Waals surface area contributed by atoms with Crippen LogP contribution in [0.4, 0.5) is 4.79 Å². The third-order valence-electron chi connectivity index (χ3n) is 5.07. The van der Waals surface area contributed by atoms with Gasteiger partial charge in [-0.2, -0.15) is 0 Å². The maximum absolute atomic E-state index is 12.5. The van der Waals surface area contributed by atoms with E-state index in [1.54, 1.807) is 4.90 Å². The average Bonchev–Trinajstić information content (AvgIpc) is 3.00. The highest BCUT2D eigenvalue weighted by molar-refractivity contribution is 5.79. The number of amides is 1. The van der Waals surface area contributed by atoms with Gasteiger partial charge in [-0.1, -0.05) is 48.5 Å². The summed E-state index contributed by atoms with van der Waals surface area (Å²) in [6, 6.07) is 16.5. The highest BCUT2D eigenvalue weighted by atomic mass is 16.6. The molecule has 1 aliphatic heterocycles. The summed E-state index contributed by atoms with van der Waals surface area (Å²) in [7, 11) is 0. The summed E-state index contributed by atoms with van der Waals surface area (Å²) in [5.74, 6) is 0.0775. The summed E-state index contributed by atoms with van der Waals surface area (Å²) in [4.78, 5) is 14.2. The van der Waals surface area contributed by atoms with Crippen LogP contribution in [0.1, 0.15) is 17.0 Å². The zero-order valence-electron chi connectivity index (χ0n) is 14.1. The van der Waals surface area contributed by atoms with Crippen molar-refractivity contribution in [2.75, 3.05) is 32.9 Å². The topological polar surface area (TPSA) is 64.8 Å². The lowest BCUT2D eigenvalue weighted by atomic mass is 9.98. The van der Waals surface area contributed by atoms with E-state index in [0.29, 0.717) is 32.9 Å². The first kappa shape index (κ1) is 16.1. The molecule has 1 heterocycles. The third kappa shape index (κ3) is 2.90. The summed E-state index contributed by atoms with van der Waals surface area (Å²) in [6.07, 6.45) is -0.305. The van der Waals surface area contributed by atoms with Gasteiger partial charge in [0.25, 0.3) is 0 Å². The van der Waals surface area contributed by atoms with E-state index in [9.17, 15) is 4.79 Å². The first-order valence-electron chi connectivity index (χ1n) is 8.69. The van der Waals surface area contributed by atoms with Crippen molar-refractivity contribution >= 4 is 6.09 Å². The number of nitrogens with zero attached hydrogens (tertiary/aromatic N) is 1. The second kappa shape index (κ2) is 6.86. The predicted octanol–water partition coefficient (Wildman–Crippen LogP) is 2.60. The minimum Gasteiger partial charge on any atom is -0.448 e. The zero-order chi connectivity index (χ0) is 17.2. The summed E-state index contributed by atoms with van der Waals surface area (Å²) < 4.78 is 11.1. The Labute approximate surface area is 147 Å². The number of morpholine rings is 1. The Morgan fingerprint density at radius 2 is 1.76 bits per heavy atom. The minimum absolute atomic E-state index is 0.0775. The molecule has 1 unspecified atom stereocenters. The number of carbonyl (C=O) groups excluding carboxylic acids is 1. The summed E-state index contributed by atoms with van der Waals surface area (Å²) >= 11 is 0. The van der Waals surface area contributed by atoms with Crippen LogP contribution in [0.2, 0.25) is 0 Å². The van der Waals surface area contributed by atoms with Crippen LogP contribution in [-0.4, -0.2) is 49.9 Å². The van der Waals surface area contributed by atoms with Crippen LogP contribution in [0, 0.1) is 0 Å². The molecule has 0 radical (unpaired) electrons. The number of hydrogen-bond acceptors (Lipinski definition) is 4. The quantitative estimate of drug-likeness (QED) is 0.934. The van der Waals surface area contributed by atoms with Gasteiger partial charge in [0.05, 0.1) is 19.3 Å². The van der Waals surface area contributed by atoms with E-state index < -0.39 is 0 Å². The van der Waals surface area contributed by atoms with E-state index in [0.717, 1.165) is 0 Å². The largest absolute Gasteiger partial charge is 0.448 e. The van der Waals surface area contributed by atoms with Crippen LogP contribution >= 0.6 is 0 Å². The molecule has 1 amide bonds. The Hall–Kier alpha value is -2.37. The molecule has 0 bridgehead atoms. The van der Waals surface area contributed by atoms with Crippen molar-refractivity contribution in [2.45, 2.75) is 12.0 Å². The van der Waals surface area contributed by atoms with Crippen molar-refractivity contribution in [2.24, 2.45) is 5.73 Å². The average molecular weight is 338 g/mol. The van der Waals surface area contributed by atoms with Crippen molar-refractivity contribution in [3.8, 4) is 11.1 Å². The van der Waals surface area contributed by atoms with Gasteiger partial charge in [-0.3, -0.25) is 4.90 Å². The summed E-state index contributed by atoms with van der Waals surface area (Å²) in [5.41, 5.74) is 10.6. The van der Waals surface area contributed by atoms with Gasteiger partial charge in [-0.05, 0) is 22.3 Å².